The van der Waals surface area contributed by atoms with E-state index in [1.165, 1.54) is 25.7 Å². The van der Waals surface area contributed by atoms with E-state index in [0.29, 0.717) is 18.1 Å². The van der Waals surface area contributed by atoms with Crippen LogP contribution in [0.2, 0.25) is 0 Å². The zero-order valence-corrected chi connectivity index (χ0v) is 13.5. The van der Waals surface area contributed by atoms with Crippen LogP contribution < -0.4 is 10.6 Å². The number of guanidine groups is 1. The first-order chi connectivity index (χ1) is 9.61. The predicted molar refractivity (Wildman–Crippen MR) is 84.1 cm³/mol. The minimum Gasteiger partial charge on any atom is -0.377 e. The molecule has 0 bridgehead atoms. The molecule has 3 atom stereocenters. The van der Waals surface area contributed by atoms with Crippen LogP contribution in [0, 0.1) is 11.3 Å². The fourth-order valence-electron chi connectivity index (χ4n) is 3.64. The molecule has 1 aliphatic carbocycles. The van der Waals surface area contributed by atoms with Gasteiger partial charge in [0, 0.05) is 37.1 Å². The summed E-state index contributed by atoms with van der Waals surface area (Å²) in [4.78, 5) is 4.71. The van der Waals surface area contributed by atoms with E-state index in [9.17, 15) is 0 Å². The predicted octanol–water partition coefficient (Wildman–Crippen LogP) is 2.55. The van der Waals surface area contributed by atoms with Crippen molar-refractivity contribution in [3.8, 4) is 0 Å². The minimum atomic E-state index is 0.209. The monoisotopic (exact) mass is 281 g/mol. The Labute approximate surface area is 123 Å². The van der Waals surface area contributed by atoms with Crippen molar-refractivity contribution in [3.63, 3.8) is 0 Å². The normalized spacial score (nSPS) is 31.6. The molecule has 1 saturated carbocycles. The number of rotatable bonds is 6. The average molecular weight is 281 g/mol. The van der Waals surface area contributed by atoms with Gasteiger partial charge < -0.3 is 15.4 Å². The molecule has 2 aliphatic rings. The zero-order valence-electron chi connectivity index (χ0n) is 13.5. The van der Waals surface area contributed by atoms with Crippen molar-refractivity contribution in [1.29, 1.82) is 0 Å². The molecule has 0 aromatic rings. The lowest BCUT2D eigenvalue weighted by Gasteiger charge is -2.54. The molecule has 0 aromatic carbocycles. The van der Waals surface area contributed by atoms with Crippen LogP contribution >= 0.6 is 0 Å². The molecule has 116 valence electrons. The zero-order chi connectivity index (χ0) is 14.6. The van der Waals surface area contributed by atoms with Crippen LogP contribution in [0.4, 0.5) is 0 Å². The number of nitrogens with zero attached hydrogens (tertiary/aromatic N) is 1. The molecule has 0 amide bonds. The Morgan fingerprint density at radius 2 is 2.10 bits per heavy atom. The van der Waals surface area contributed by atoms with Crippen molar-refractivity contribution >= 4 is 5.96 Å². The Bertz CT molecular complexity index is 341. The van der Waals surface area contributed by atoms with Gasteiger partial charge in [-0.05, 0) is 19.8 Å². The molecule has 1 heterocycles. The maximum Gasteiger partial charge on any atom is 0.191 e. The summed E-state index contributed by atoms with van der Waals surface area (Å²) in [5, 5.41) is 7.03. The van der Waals surface area contributed by atoms with E-state index < -0.39 is 0 Å². The standard InChI is InChI=1S/C16H31N3O/c1-5-7-8-10-18-15(17-6-2)19-13-12-9-11-20-14(12)16(13,3)4/h12-14H,5-11H2,1-4H3,(H2,17,18,19). The number of hydrogen-bond acceptors (Lipinski definition) is 2. The molecule has 2 rings (SSSR count). The number of aliphatic imine (C=N–C) groups is 1. The third kappa shape index (κ3) is 3.11. The second-order valence-electron chi connectivity index (χ2n) is 6.66. The lowest BCUT2D eigenvalue weighted by molar-refractivity contribution is -0.106. The van der Waals surface area contributed by atoms with Crippen molar-refractivity contribution in [2.75, 3.05) is 19.7 Å². The highest BCUT2D eigenvalue weighted by atomic mass is 16.5. The smallest absolute Gasteiger partial charge is 0.191 e. The summed E-state index contributed by atoms with van der Waals surface area (Å²) in [5.74, 6) is 1.64. The highest BCUT2D eigenvalue weighted by Crippen LogP contribution is 2.52. The summed E-state index contributed by atoms with van der Waals surface area (Å²) in [6, 6.07) is 0.485. The van der Waals surface area contributed by atoms with Gasteiger partial charge in [-0.1, -0.05) is 33.6 Å². The van der Waals surface area contributed by atoms with Crippen LogP contribution in [0.1, 0.15) is 53.4 Å². The molecular weight excluding hydrogens is 250 g/mol. The molecule has 2 N–H and O–H groups in total. The molecule has 2 fully saturated rings. The molecule has 1 aliphatic heterocycles. The quantitative estimate of drug-likeness (QED) is 0.447. The van der Waals surface area contributed by atoms with Crippen LogP contribution in [-0.4, -0.2) is 37.8 Å². The maximum absolute atomic E-state index is 5.85. The van der Waals surface area contributed by atoms with Gasteiger partial charge in [0.1, 0.15) is 0 Å². The Hall–Kier alpha value is -0.770. The van der Waals surface area contributed by atoms with Crippen molar-refractivity contribution in [2.45, 2.75) is 65.5 Å². The van der Waals surface area contributed by atoms with Crippen LogP contribution in [0.3, 0.4) is 0 Å². The van der Waals surface area contributed by atoms with Crippen LogP contribution in [-0.2, 0) is 4.74 Å². The number of ether oxygens (including phenoxy) is 1. The van der Waals surface area contributed by atoms with Gasteiger partial charge in [-0.25, -0.2) is 0 Å². The molecule has 0 aromatic heterocycles. The van der Waals surface area contributed by atoms with Gasteiger partial charge in [0.15, 0.2) is 5.96 Å². The first-order valence-electron chi connectivity index (χ1n) is 8.27. The Morgan fingerprint density at radius 1 is 1.30 bits per heavy atom. The minimum absolute atomic E-state index is 0.209. The van der Waals surface area contributed by atoms with Crippen molar-refractivity contribution in [2.24, 2.45) is 16.3 Å². The third-order valence-corrected chi connectivity index (χ3v) is 4.77. The van der Waals surface area contributed by atoms with Gasteiger partial charge in [-0.2, -0.15) is 0 Å². The fraction of sp³-hybridized carbons (Fsp3) is 0.938. The molecule has 0 spiro atoms. The van der Waals surface area contributed by atoms with Crippen LogP contribution in [0.25, 0.3) is 0 Å². The topological polar surface area (TPSA) is 45.7 Å². The summed E-state index contributed by atoms with van der Waals surface area (Å²) in [6.07, 6.45) is 5.30. The van der Waals surface area contributed by atoms with Gasteiger partial charge >= 0.3 is 0 Å². The first kappa shape index (κ1) is 15.6. The summed E-state index contributed by atoms with van der Waals surface area (Å²) >= 11 is 0. The Morgan fingerprint density at radius 3 is 2.80 bits per heavy atom. The highest BCUT2D eigenvalue weighted by Gasteiger charge is 2.59. The maximum atomic E-state index is 5.85. The van der Waals surface area contributed by atoms with E-state index in [1.807, 2.05) is 0 Å². The highest BCUT2D eigenvalue weighted by molar-refractivity contribution is 5.80. The van der Waals surface area contributed by atoms with Crippen molar-refractivity contribution in [3.05, 3.63) is 0 Å². The van der Waals surface area contributed by atoms with Gasteiger partial charge in [-0.3, -0.25) is 4.99 Å². The molecule has 4 heteroatoms. The van der Waals surface area contributed by atoms with E-state index in [0.717, 1.165) is 25.7 Å². The average Bonchev–Trinajstić information content (AvgIpc) is 2.87. The van der Waals surface area contributed by atoms with Gasteiger partial charge in [0.25, 0.3) is 0 Å². The number of nitrogens with one attached hydrogen (secondary N) is 2. The lowest BCUT2D eigenvalue weighted by Crippen LogP contribution is -2.67. The molecule has 4 nitrogen and oxygen atoms in total. The van der Waals surface area contributed by atoms with Gasteiger partial charge in [-0.15, -0.1) is 0 Å². The SMILES string of the molecule is CCCCCN=C(NCC)NC1C2CCOC2C1(C)C. The number of fused-ring (bicyclic) bond motifs is 1. The second kappa shape index (κ2) is 6.79. The van der Waals surface area contributed by atoms with E-state index in [4.69, 9.17) is 9.73 Å². The summed E-state index contributed by atoms with van der Waals surface area (Å²) in [5.41, 5.74) is 0.209. The van der Waals surface area contributed by atoms with E-state index in [1.54, 1.807) is 0 Å². The molecule has 1 saturated heterocycles. The van der Waals surface area contributed by atoms with Crippen LogP contribution in [0.15, 0.2) is 4.99 Å². The van der Waals surface area contributed by atoms with E-state index in [-0.39, 0.29) is 5.41 Å². The van der Waals surface area contributed by atoms with Crippen LogP contribution in [0.5, 0.6) is 0 Å². The summed E-state index contributed by atoms with van der Waals surface area (Å²) < 4.78 is 5.85. The molecular formula is C16H31N3O. The Balaban J connectivity index is 1.90. The third-order valence-electron chi connectivity index (χ3n) is 4.77. The molecule has 20 heavy (non-hydrogen) atoms. The van der Waals surface area contributed by atoms with E-state index in [2.05, 4.69) is 38.3 Å². The second-order valence-corrected chi connectivity index (χ2v) is 6.66. The summed E-state index contributed by atoms with van der Waals surface area (Å²) in [6.45, 7) is 11.7. The molecule has 3 unspecified atom stereocenters. The fourth-order valence-corrected chi connectivity index (χ4v) is 3.64. The largest absolute Gasteiger partial charge is 0.377 e. The Kier molecular flexibility index (Phi) is 5.30. The number of unbranched alkanes of at least 4 members (excludes halogenated alkanes) is 2. The molecule has 0 radical (unpaired) electrons. The summed E-state index contributed by atoms with van der Waals surface area (Å²) in [7, 11) is 0. The van der Waals surface area contributed by atoms with Gasteiger partial charge in [0.05, 0.1) is 6.10 Å². The lowest BCUT2D eigenvalue weighted by atomic mass is 9.57. The van der Waals surface area contributed by atoms with Gasteiger partial charge in [0.2, 0.25) is 0 Å². The van der Waals surface area contributed by atoms with E-state index >= 15 is 0 Å². The number of hydrogen-bond donors (Lipinski definition) is 2. The van der Waals surface area contributed by atoms with Crippen molar-refractivity contribution in [1.82, 2.24) is 10.6 Å². The van der Waals surface area contributed by atoms with Crippen molar-refractivity contribution < 1.29 is 4.74 Å². The first-order valence-corrected chi connectivity index (χ1v) is 8.27.